The largest absolute Gasteiger partial charge is 0.444 e. The molecule has 1 aromatic carbocycles. The number of hydrogen-bond donors (Lipinski definition) is 1. The van der Waals surface area contributed by atoms with Crippen molar-refractivity contribution in [2.24, 2.45) is 5.16 Å². The number of oxime groups is 1. The fraction of sp³-hybridized carbons (Fsp3) is 0.467. The standard InChI is InChI=1S/C15H19FN2O3/c1-15(2,3)20-14(19)17-9-12-8-13(18-21-12)10-4-6-11(16)7-5-10/h4-7,12H,8-9H2,1-3H3,(H,17,19). The number of carbonyl (C=O) groups excluding carboxylic acids is 1. The molecule has 114 valence electrons. The van der Waals surface area contributed by atoms with Gasteiger partial charge in [-0.2, -0.15) is 0 Å². The summed E-state index contributed by atoms with van der Waals surface area (Å²) in [6, 6.07) is 6.07. The van der Waals surface area contributed by atoms with Gasteiger partial charge in [0, 0.05) is 6.42 Å². The Morgan fingerprint density at radius 3 is 2.71 bits per heavy atom. The van der Waals surface area contributed by atoms with E-state index in [0.717, 1.165) is 11.3 Å². The Labute approximate surface area is 123 Å². The molecule has 1 amide bonds. The lowest BCUT2D eigenvalue weighted by atomic mass is 10.1. The Kier molecular flexibility index (Phi) is 4.45. The lowest BCUT2D eigenvalue weighted by molar-refractivity contribution is 0.0439. The summed E-state index contributed by atoms with van der Waals surface area (Å²) in [5.41, 5.74) is 1.03. The summed E-state index contributed by atoms with van der Waals surface area (Å²) < 4.78 is 18.0. The van der Waals surface area contributed by atoms with Crippen LogP contribution in [0.3, 0.4) is 0 Å². The normalized spacial score (nSPS) is 17.9. The molecule has 0 fully saturated rings. The molecule has 0 radical (unpaired) electrons. The van der Waals surface area contributed by atoms with Crippen molar-refractivity contribution in [1.29, 1.82) is 0 Å². The van der Waals surface area contributed by atoms with Crippen LogP contribution in [0.15, 0.2) is 29.4 Å². The average molecular weight is 294 g/mol. The van der Waals surface area contributed by atoms with E-state index in [4.69, 9.17) is 9.57 Å². The summed E-state index contributed by atoms with van der Waals surface area (Å²) in [5.74, 6) is -0.290. The van der Waals surface area contributed by atoms with E-state index in [1.54, 1.807) is 32.9 Å². The average Bonchev–Trinajstić information content (AvgIpc) is 2.84. The van der Waals surface area contributed by atoms with Crippen molar-refractivity contribution in [2.45, 2.75) is 38.9 Å². The predicted molar refractivity (Wildman–Crippen MR) is 76.7 cm³/mol. The highest BCUT2D eigenvalue weighted by molar-refractivity contribution is 6.01. The maximum absolute atomic E-state index is 12.9. The van der Waals surface area contributed by atoms with Crippen LogP contribution in [0.2, 0.25) is 0 Å². The number of benzene rings is 1. The second kappa shape index (κ2) is 6.11. The van der Waals surface area contributed by atoms with Gasteiger partial charge in [0.25, 0.3) is 0 Å². The fourth-order valence-corrected chi connectivity index (χ4v) is 1.86. The van der Waals surface area contributed by atoms with Gasteiger partial charge in [0.05, 0.1) is 12.3 Å². The fourth-order valence-electron chi connectivity index (χ4n) is 1.86. The SMILES string of the molecule is CC(C)(C)OC(=O)NCC1CC(c2ccc(F)cc2)=NO1. The number of halogens is 1. The second-order valence-corrected chi connectivity index (χ2v) is 5.86. The first kappa shape index (κ1) is 15.3. The molecule has 1 atom stereocenters. The van der Waals surface area contributed by atoms with E-state index in [0.29, 0.717) is 13.0 Å². The summed E-state index contributed by atoms with van der Waals surface area (Å²) in [7, 11) is 0. The maximum atomic E-state index is 12.9. The smallest absolute Gasteiger partial charge is 0.407 e. The third kappa shape index (κ3) is 4.73. The second-order valence-electron chi connectivity index (χ2n) is 5.86. The number of nitrogens with one attached hydrogen (secondary N) is 1. The number of rotatable bonds is 3. The zero-order valence-corrected chi connectivity index (χ0v) is 12.4. The molecule has 2 rings (SSSR count). The van der Waals surface area contributed by atoms with Crippen LogP contribution in [0.1, 0.15) is 32.8 Å². The highest BCUT2D eigenvalue weighted by Crippen LogP contribution is 2.17. The predicted octanol–water partition coefficient (Wildman–Crippen LogP) is 2.84. The van der Waals surface area contributed by atoms with E-state index in [1.165, 1.54) is 12.1 Å². The van der Waals surface area contributed by atoms with Crippen molar-refractivity contribution in [3.8, 4) is 0 Å². The number of carbonyl (C=O) groups is 1. The molecule has 1 heterocycles. The quantitative estimate of drug-likeness (QED) is 0.932. The minimum Gasteiger partial charge on any atom is -0.444 e. The van der Waals surface area contributed by atoms with Crippen LogP contribution in [-0.4, -0.2) is 30.1 Å². The van der Waals surface area contributed by atoms with E-state index < -0.39 is 11.7 Å². The molecule has 1 aliphatic heterocycles. The zero-order valence-electron chi connectivity index (χ0n) is 12.4. The highest BCUT2D eigenvalue weighted by atomic mass is 19.1. The molecule has 0 spiro atoms. The van der Waals surface area contributed by atoms with Crippen molar-refractivity contribution in [1.82, 2.24) is 5.32 Å². The summed E-state index contributed by atoms with van der Waals surface area (Å²) in [4.78, 5) is 16.8. The number of nitrogens with zero attached hydrogens (tertiary/aromatic N) is 1. The van der Waals surface area contributed by atoms with Gasteiger partial charge in [-0.3, -0.25) is 0 Å². The molecule has 1 aromatic rings. The molecule has 6 heteroatoms. The van der Waals surface area contributed by atoms with Crippen LogP contribution < -0.4 is 5.32 Å². The lowest BCUT2D eigenvalue weighted by Gasteiger charge is -2.20. The number of ether oxygens (including phenoxy) is 1. The Hall–Kier alpha value is -2.11. The van der Waals surface area contributed by atoms with Crippen molar-refractivity contribution >= 4 is 11.8 Å². The van der Waals surface area contributed by atoms with Gasteiger partial charge in [0.15, 0.2) is 6.10 Å². The van der Waals surface area contributed by atoms with E-state index >= 15 is 0 Å². The molecule has 5 nitrogen and oxygen atoms in total. The third-order valence-corrected chi connectivity index (χ3v) is 2.78. The maximum Gasteiger partial charge on any atom is 0.407 e. The summed E-state index contributed by atoms with van der Waals surface area (Å²) in [6.07, 6.45) is -0.166. The number of amides is 1. The van der Waals surface area contributed by atoms with Gasteiger partial charge < -0.3 is 14.9 Å². The summed E-state index contributed by atoms with van der Waals surface area (Å²) in [6.45, 7) is 5.71. The summed E-state index contributed by atoms with van der Waals surface area (Å²) >= 11 is 0. The van der Waals surface area contributed by atoms with Crippen molar-refractivity contribution in [3.63, 3.8) is 0 Å². The summed E-state index contributed by atoms with van der Waals surface area (Å²) in [5, 5.41) is 6.61. The van der Waals surface area contributed by atoms with Crippen LogP contribution in [0, 0.1) is 5.82 Å². The van der Waals surface area contributed by atoms with Crippen molar-refractivity contribution in [3.05, 3.63) is 35.6 Å². The van der Waals surface area contributed by atoms with Gasteiger partial charge in [-0.25, -0.2) is 9.18 Å². The molecule has 1 N–H and O–H groups in total. The molecule has 1 unspecified atom stereocenters. The van der Waals surface area contributed by atoms with Gasteiger partial charge in [-0.1, -0.05) is 17.3 Å². The van der Waals surface area contributed by atoms with Crippen LogP contribution in [0.4, 0.5) is 9.18 Å². The topological polar surface area (TPSA) is 59.9 Å². The van der Waals surface area contributed by atoms with Crippen LogP contribution in [0.5, 0.6) is 0 Å². The van der Waals surface area contributed by atoms with Gasteiger partial charge in [-0.05, 0) is 38.5 Å². The van der Waals surface area contributed by atoms with Gasteiger partial charge in [0.1, 0.15) is 11.4 Å². The molecule has 0 aliphatic carbocycles. The molecule has 21 heavy (non-hydrogen) atoms. The first-order valence-corrected chi connectivity index (χ1v) is 6.79. The molecule has 0 aromatic heterocycles. The zero-order chi connectivity index (χ0) is 15.5. The molecule has 0 saturated heterocycles. The molecule has 0 saturated carbocycles. The number of hydrogen-bond acceptors (Lipinski definition) is 4. The van der Waals surface area contributed by atoms with E-state index in [-0.39, 0.29) is 11.9 Å². The minimum absolute atomic E-state index is 0.238. The number of alkyl carbamates (subject to hydrolysis) is 1. The van der Waals surface area contributed by atoms with E-state index in [1.807, 2.05) is 0 Å². The van der Waals surface area contributed by atoms with Gasteiger partial charge in [0.2, 0.25) is 0 Å². The van der Waals surface area contributed by atoms with Gasteiger partial charge in [-0.15, -0.1) is 0 Å². The first-order valence-electron chi connectivity index (χ1n) is 6.79. The Morgan fingerprint density at radius 2 is 2.10 bits per heavy atom. The molecule has 1 aliphatic rings. The Morgan fingerprint density at radius 1 is 1.43 bits per heavy atom. The van der Waals surface area contributed by atoms with Crippen LogP contribution in [-0.2, 0) is 9.57 Å². The third-order valence-electron chi connectivity index (χ3n) is 2.78. The van der Waals surface area contributed by atoms with E-state index in [2.05, 4.69) is 10.5 Å². The monoisotopic (exact) mass is 294 g/mol. The first-order chi connectivity index (χ1) is 9.83. The Balaban J connectivity index is 1.80. The Bertz CT molecular complexity index is 535. The van der Waals surface area contributed by atoms with E-state index in [9.17, 15) is 9.18 Å². The van der Waals surface area contributed by atoms with Crippen LogP contribution >= 0.6 is 0 Å². The molecule has 0 bridgehead atoms. The van der Waals surface area contributed by atoms with Crippen molar-refractivity contribution in [2.75, 3.05) is 6.54 Å². The van der Waals surface area contributed by atoms with Crippen LogP contribution in [0.25, 0.3) is 0 Å². The molecular weight excluding hydrogens is 275 g/mol. The minimum atomic E-state index is -0.531. The molecular formula is C15H19FN2O3. The highest BCUT2D eigenvalue weighted by Gasteiger charge is 2.24. The van der Waals surface area contributed by atoms with Gasteiger partial charge >= 0.3 is 6.09 Å². The van der Waals surface area contributed by atoms with Crippen molar-refractivity contribution < 1.29 is 18.8 Å². The lowest BCUT2D eigenvalue weighted by Crippen LogP contribution is -2.37.